The van der Waals surface area contributed by atoms with E-state index < -0.39 is 10.0 Å². The third-order valence-electron chi connectivity index (χ3n) is 4.26. The minimum atomic E-state index is -3.27. The van der Waals surface area contributed by atoms with Crippen molar-refractivity contribution in [3.63, 3.8) is 0 Å². The fourth-order valence-electron chi connectivity index (χ4n) is 3.24. The highest BCUT2D eigenvalue weighted by Crippen LogP contribution is 2.40. The fourth-order valence-corrected chi connectivity index (χ4v) is 6.62. The van der Waals surface area contributed by atoms with E-state index in [9.17, 15) is 8.42 Å². The summed E-state index contributed by atoms with van der Waals surface area (Å²) in [6.07, 6.45) is 4.40. The number of halogens is 1. The molecule has 3 nitrogen and oxygen atoms in total. The van der Waals surface area contributed by atoms with Crippen LogP contribution in [0.2, 0.25) is 0 Å². The molecule has 106 valence electrons. The van der Waals surface area contributed by atoms with E-state index in [0.717, 1.165) is 24.4 Å². The summed E-state index contributed by atoms with van der Waals surface area (Å²) in [6.45, 7) is 1.44. The summed E-state index contributed by atoms with van der Waals surface area (Å²) in [5.74, 6) is 1.72. The average Bonchev–Trinajstić information content (AvgIpc) is 3.03. The molecule has 0 N–H and O–H groups in total. The van der Waals surface area contributed by atoms with E-state index in [0.29, 0.717) is 21.9 Å². The van der Waals surface area contributed by atoms with Crippen molar-refractivity contribution in [1.82, 2.24) is 4.31 Å². The van der Waals surface area contributed by atoms with Crippen LogP contribution in [0.25, 0.3) is 0 Å². The molecule has 19 heavy (non-hydrogen) atoms. The van der Waals surface area contributed by atoms with E-state index in [1.165, 1.54) is 30.6 Å². The van der Waals surface area contributed by atoms with Crippen LogP contribution in [-0.2, 0) is 16.4 Å². The Hall–Kier alpha value is -0.100. The molecule has 0 radical (unpaired) electrons. The van der Waals surface area contributed by atoms with Gasteiger partial charge in [-0.2, -0.15) is 4.31 Å². The summed E-state index contributed by atoms with van der Waals surface area (Å²) in [6, 6.07) is 3.62. The molecule has 2 aliphatic rings. The highest BCUT2D eigenvalue weighted by Gasteiger charge is 2.41. The molecule has 1 saturated carbocycles. The largest absolute Gasteiger partial charge is 0.252 e. The number of fused-ring (bicyclic) bond motifs is 1. The fraction of sp³-hybridized carbons (Fsp3) is 0.692. The van der Waals surface area contributed by atoms with Gasteiger partial charge in [0.05, 0.1) is 0 Å². The maximum atomic E-state index is 12.6. The van der Waals surface area contributed by atoms with Gasteiger partial charge < -0.3 is 0 Å². The van der Waals surface area contributed by atoms with Gasteiger partial charge in [-0.25, -0.2) is 8.42 Å². The van der Waals surface area contributed by atoms with Crippen LogP contribution in [0.15, 0.2) is 16.3 Å². The lowest BCUT2D eigenvalue weighted by Crippen LogP contribution is -2.29. The monoisotopic (exact) mass is 319 g/mol. The smallest absolute Gasteiger partial charge is 0.206 e. The molecular formula is C13H18ClNO2S2. The first-order chi connectivity index (χ1) is 9.11. The van der Waals surface area contributed by atoms with Crippen molar-refractivity contribution in [1.29, 1.82) is 0 Å². The second-order valence-corrected chi connectivity index (χ2v) is 9.14. The second-order valence-electron chi connectivity index (χ2n) is 5.43. The summed E-state index contributed by atoms with van der Waals surface area (Å²) >= 11 is 7.06. The van der Waals surface area contributed by atoms with Gasteiger partial charge in [-0.1, -0.05) is 6.42 Å². The molecule has 2 atom stereocenters. The van der Waals surface area contributed by atoms with E-state index in [2.05, 4.69) is 0 Å². The Morgan fingerprint density at radius 1 is 1.26 bits per heavy atom. The first kappa shape index (κ1) is 13.9. The van der Waals surface area contributed by atoms with Crippen molar-refractivity contribution in [2.45, 2.75) is 29.9 Å². The van der Waals surface area contributed by atoms with Crippen LogP contribution in [0.5, 0.6) is 0 Å². The summed E-state index contributed by atoms with van der Waals surface area (Å²) in [5.41, 5.74) is 0. The molecule has 0 spiro atoms. The lowest BCUT2D eigenvalue weighted by atomic mass is 10.0. The summed E-state index contributed by atoms with van der Waals surface area (Å²) < 4.78 is 27.3. The molecule has 0 aromatic carbocycles. The number of hydrogen-bond acceptors (Lipinski definition) is 3. The SMILES string of the molecule is O=S(=O)(c1ccc(CCCl)s1)N1CC2CCCC2C1. The highest BCUT2D eigenvalue weighted by atomic mass is 35.5. The normalized spacial score (nSPS) is 27.8. The van der Waals surface area contributed by atoms with Gasteiger partial charge in [-0.15, -0.1) is 22.9 Å². The summed E-state index contributed by atoms with van der Waals surface area (Å²) in [5, 5.41) is 0. The highest BCUT2D eigenvalue weighted by molar-refractivity contribution is 7.91. The quantitative estimate of drug-likeness (QED) is 0.800. The van der Waals surface area contributed by atoms with Gasteiger partial charge >= 0.3 is 0 Å². The number of aryl methyl sites for hydroxylation is 1. The van der Waals surface area contributed by atoms with Crippen LogP contribution in [0.4, 0.5) is 0 Å². The van der Waals surface area contributed by atoms with Crippen molar-refractivity contribution in [2.24, 2.45) is 11.8 Å². The number of thiophene rings is 1. The predicted molar refractivity (Wildman–Crippen MR) is 78.3 cm³/mol. The Morgan fingerprint density at radius 2 is 1.95 bits per heavy atom. The van der Waals surface area contributed by atoms with Gasteiger partial charge in [0.15, 0.2) is 0 Å². The van der Waals surface area contributed by atoms with Gasteiger partial charge in [-0.05, 0) is 43.2 Å². The van der Waals surface area contributed by atoms with Crippen molar-refractivity contribution in [3.05, 3.63) is 17.0 Å². The maximum Gasteiger partial charge on any atom is 0.252 e. The van der Waals surface area contributed by atoms with E-state index in [-0.39, 0.29) is 0 Å². The van der Waals surface area contributed by atoms with Crippen LogP contribution in [0.3, 0.4) is 0 Å². The first-order valence-corrected chi connectivity index (χ1v) is 9.55. The molecule has 1 saturated heterocycles. The van der Waals surface area contributed by atoms with Crippen molar-refractivity contribution >= 4 is 33.0 Å². The zero-order valence-corrected chi connectivity index (χ0v) is 13.1. The standard InChI is InChI=1S/C13H18ClNO2S2/c14-7-6-12-4-5-13(18-12)19(16,17)15-8-10-2-1-3-11(10)9-15/h4-5,10-11H,1-3,6-9H2. The number of alkyl halides is 1. The van der Waals surface area contributed by atoms with E-state index >= 15 is 0 Å². The Morgan fingerprint density at radius 3 is 2.58 bits per heavy atom. The van der Waals surface area contributed by atoms with Gasteiger partial charge in [0, 0.05) is 23.8 Å². The molecular weight excluding hydrogens is 302 g/mol. The second kappa shape index (κ2) is 5.35. The number of hydrogen-bond donors (Lipinski definition) is 0. The number of nitrogens with zero attached hydrogens (tertiary/aromatic N) is 1. The minimum absolute atomic E-state index is 0.479. The average molecular weight is 320 g/mol. The Kier molecular flexibility index (Phi) is 3.91. The van der Waals surface area contributed by atoms with Crippen LogP contribution in [0.1, 0.15) is 24.1 Å². The first-order valence-electron chi connectivity index (χ1n) is 6.76. The Labute approximate surface area is 123 Å². The topological polar surface area (TPSA) is 37.4 Å². The Balaban J connectivity index is 1.78. The summed E-state index contributed by atoms with van der Waals surface area (Å²) in [4.78, 5) is 1.05. The zero-order valence-electron chi connectivity index (χ0n) is 10.7. The van der Waals surface area contributed by atoms with Gasteiger partial charge in [-0.3, -0.25) is 0 Å². The van der Waals surface area contributed by atoms with Gasteiger partial charge in [0.25, 0.3) is 10.0 Å². The number of sulfonamides is 1. The van der Waals surface area contributed by atoms with E-state index in [1.54, 1.807) is 10.4 Å². The van der Waals surface area contributed by atoms with E-state index in [4.69, 9.17) is 11.6 Å². The molecule has 1 aromatic heterocycles. The molecule has 0 bridgehead atoms. The van der Waals surface area contributed by atoms with Crippen LogP contribution in [0, 0.1) is 11.8 Å². The third-order valence-corrected chi connectivity index (χ3v) is 7.90. The van der Waals surface area contributed by atoms with Crippen LogP contribution in [-0.4, -0.2) is 31.7 Å². The lowest BCUT2D eigenvalue weighted by Gasteiger charge is -2.15. The molecule has 6 heteroatoms. The molecule has 1 aliphatic carbocycles. The molecule has 2 unspecified atom stereocenters. The van der Waals surface area contributed by atoms with Gasteiger partial charge in [0.2, 0.25) is 0 Å². The van der Waals surface area contributed by atoms with Gasteiger partial charge in [0.1, 0.15) is 4.21 Å². The molecule has 3 rings (SSSR count). The zero-order chi connectivity index (χ0) is 13.5. The molecule has 1 aromatic rings. The molecule has 2 heterocycles. The van der Waals surface area contributed by atoms with E-state index in [1.807, 2.05) is 6.07 Å². The van der Waals surface area contributed by atoms with Crippen molar-refractivity contribution < 1.29 is 8.42 Å². The molecule has 2 fully saturated rings. The third kappa shape index (κ3) is 2.58. The van der Waals surface area contributed by atoms with Crippen molar-refractivity contribution in [2.75, 3.05) is 19.0 Å². The lowest BCUT2D eigenvalue weighted by molar-refractivity contribution is 0.447. The van der Waals surface area contributed by atoms with Crippen LogP contribution >= 0.6 is 22.9 Å². The predicted octanol–water partition coefficient (Wildman–Crippen LogP) is 2.95. The molecule has 0 amide bonds. The minimum Gasteiger partial charge on any atom is -0.206 e. The number of rotatable bonds is 4. The maximum absolute atomic E-state index is 12.6. The molecule has 1 aliphatic heterocycles. The van der Waals surface area contributed by atoms with Crippen molar-refractivity contribution in [3.8, 4) is 0 Å². The Bertz CT molecular complexity index is 543. The van der Waals surface area contributed by atoms with Crippen LogP contribution < -0.4 is 0 Å². The summed E-state index contributed by atoms with van der Waals surface area (Å²) in [7, 11) is -3.27.